The van der Waals surface area contributed by atoms with Gasteiger partial charge in [0.25, 0.3) is 0 Å². The summed E-state index contributed by atoms with van der Waals surface area (Å²) in [6.07, 6.45) is -5.15. The fourth-order valence-electron chi connectivity index (χ4n) is 1.60. The molecule has 0 aliphatic heterocycles. The summed E-state index contributed by atoms with van der Waals surface area (Å²) in [6.45, 7) is 1.80. The lowest BCUT2D eigenvalue weighted by atomic mass is 10.1. The molecule has 0 radical (unpaired) electrons. The third-order valence-electron chi connectivity index (χ3n) is 2.33. The number of hydrogen-bond acceptors (Lipinski definition) is 5. The molecule has 0 heterocycles. The maximum atomic E-state index is 12.3. The number of nitrogens with zero attached hydrogens (tertiary/aromatic N) is 1. The van der Waals surface area contributed by atoms with Crippen LogP contribution in [0.4, 0.5) is 13.2 Å². The number of benzene rings is 1. The van der Waals surface area contributed by atoms with E-state index in [9.17, 15) is 18.0 Å². The van der Waals surface area contributed by atoms with E-state index in [0.717, 1.165) is 13.2 Å². The van der Waals surface area contributed by atoms with Crippen LogP contribution in [-0.2, 0) is 16.0 Å². The molecule has 8 heteroatoms. The van der Waals surface area contributed by atoms with Crippen LogP contribution in [0.25, 0.3) is 0 Å². The molecule has 0 N–H and O–H groups in total. The highest BCUT2D eigenvalue weighted by molar-refractivity contribution is 5.73. The monoisotopic (exact) mass is 303 g/mol. The van der Waals surface area contributed by atoms with Crippen LogP contribution < -0.4 is 9.47 Å². The van der Waals surface area contributed by atoms with Crippen molar-refractivity contribution in [1.29, 1.82) is 5.26 Å². The fourth-order valence-corrected chi connectivity index (χ4v) is 1.60. The molecule has 0 bridgehead atoms. The van der Waals surface area contributed by atoms with E-state index in [2.05, 4.69) is 4.74 Å². The van der Waals surface area contributed by atoms with Gasteiger partial charge >= 0.3 is 12.3 Å². The average Bonchev–Trinajstić information content (AvgIpc) is 2.38. The van der Waals surface area contributed by atoms with E-state index < -0.39 is 18.1 Å². The highest BCUT2D eigenvalue weighted by atomic mass is 19.4. The van der Waals surface area contributed by atoms with Crippen LogP contribution in [0.15, 0.2) is 12.1 Å². The molecule has 0 aliphatic rings. The van der Waals surface area contributed by atoms with Gasteiger partial charge in [-0.3, -0.25) is 4.79 Å². The van der Waals surface area contributed by atoms with Crippen LogP contribution in [0.1, 0.15) is 18.1 Å². The standard InChI is InChI=1S/C13H12F3NO4/c1-3-20-11(18)6-8-4-9(7-17)12(10(5-8)19-2)21-13(14,15)16/h4-5H,3,6H2,1-2H3. The summed E-state index contributed by atoms with van der Waals surface area (Å²) in [7, 11) is 1.13. The van der Waals surface area contributed by atoms with Crippen molar-refractivity contribution in [1.82, 2.24) is 0 Å². The summed E-state index contributed by atoms with van der Waals surface area (Å²) in [4.78, 5) is 11.4. The lowest BCUT2D eigenvalue weighted by Gasteiger charge is -2.15. The zero-order valence-corrected chi connectivity index (χ0v) is 11.3. The van der Waals surface area contributed by atoms with Gasteiger partial charge in [0, 0.05) is 0 Å². The van der Waals surface area contributed by atoms with Crippen molar-refractivity contribution in [3.8, 4) is 17.6 Å². The Kier molecular flexibility index (Phi) is 5.41. The summed E-state index contributed by atoms with van der Waals surface area (Å²) in [5.74, 6) is -1.58. The molecule has 114 valence electrons. The smallest absolute Gasteiger partial charge is 0.493 e. The summed E-state index contributed by atoms with van der Waals surface area (Å²) < 4.78 is 50.3. The molecular weight excluding hydrogens is 291 g/mol. The number of carbonyl (C=O) groups excluding carboxylic acids is 1. The zero-order valence-electron chi connectivity index (χ0n) is 11.3. The first-order valence-electron chi connectivity index (χ1n) is 5.83. The molecule has 5 nitrogen and oxygen atoms in total. The third-order valence-corrected chi connectivity index (χ3v) is 2.33. The van der Waals surface area contributed by atoms with Crippen molar-refractivity contribution in [3.63, 3.8) is 0 Å². The van der Waals surface area contributed by atoms with Crippen molar-refractivity contribution in [3.05, 3.63) is 23.3 Å². The Balaban J connectivity index is 3.18. The van der Waals surface area contributed by atoms with E-state index in [1.54, 1.807) is 13.0 Å². The maximum Gasteiger partial charge on any atom is 0.573 e. The molecule has 0 spiro atoms. The number of methoxy groups -OCH3 is 1. The molecule has 0 unspecified atom stereocenters. The lowest BCUT2D eigenvalue weighted by molar-refractivity contribution is -0.275. The number of nitriles is 1. The Labute approximate surface area is 118 Å². The van der Waals surface area contributed by atoms with Gasteiger partial charge in [0.2, 0.25) is 0 Å². The molecule has 0 aliphatic carbocycles. The molecule has 0 fully saturated rings. The average molecular weight is 303 g/mol. The van der Waals surface area contributed by atoms with Crippen LogP contribution in [-0.4, -0.2) is 26.0 Å². The molecule has 0 saturated heterocycles. The molecule has 1 rings (SSSR count). The topological polar surface area (TPSA) is 68.6 Å². The number of esters is 1. The van der Waals surface area contributed by atoms with Gasteiger partial charge in [-0.25, -0.2) is 0 Å². The molecule has 0 aromatic heterocycles. The van der Waals surface area contributed by atoms with Crippen LogP contribution in [0.2, 0.25) is 0 Å². The van der Waals surface area contributed by atoms with E-state index in [4.69, 9.17) is 14.7 Å². The van der Waals surface area contributed by atoms with Gasteiger partial charge in [0.15, 0.2) is 11.5 Å². The maximum absolute atomic E-state index is 12.3. The van der Waals surface area contributed by atoms with Crippen molar-refractivity contribution in [2.75, 3.05) is 13.7 Å². The van der Waals surface area contributed by atoms with E-state index in [1.807, 2.05) is 0 Å². The van der Waals surface area contributed by atoms with Crippen LogP contribution in [0.3, 0.4) is 0 Å². The van der Waals surface area contributed by atoms with Gasteiger partial charge in [-0.05, 0) is 24.6 Å². The summed E-state index contributed by atoms with van der Waals surface area (Å²) in [5, 5.41) is 8.93. The van der Waals surface area contributed by atoms with Crippen molar-refractivity contribution >= 4 is 5.97 Å². The quantitative estimate of drug-likeness (QED) is 0.782. The Morgan fingerprint density at radius 1 is 1.38 bits per heavy atom. The van der Waals surface area contributed by atoms with Gasteiger partial charge in [-0.15, -0.1) is 13.2 Å². The SMILES string of the molecule is CCOC(=O)Cc1cc(C#N)c(OC(F)(F)F)c(OC)c1. The minimum absolute atomic E-state index is 0.177. The second-order valence-electron chi connectivity index (χ2n) is 3.82. The fraction of sp³-hybridized carbons (Fsp3) is 0.385. The van der Waals surface area contributed by atoms with Gasteiger partial charge in [0.1, 0.15) is 6.07 Å². The molecule has 1 aromatic rings. The number of ether oxygens (including phenoxy) is 3. The molecule has 1 aromatic carbocycles. The minimum atomic E-state index is -4.96. The third kappa shape index (κ3) is 4.87. The number of alkyl halides is 3. The number of halogens is 3. The Morgan fingerprint density at radius 2 is 2.05 bits per heavy atom. The summed E-state index contributed by atoms with van der Waals surface area (Å²) in [6, 6.07) is 3.90. The molecule has 0 saturated carbocycles. The molecule has 21 heavy (non-hydrogen) atoms. The zero-order chi connectivity index (χ0) is 16.0. The van der Waals surface area contributed by atoms with Crippen molar-refractivity contribution in [2.24, 2.45) is 0 Å². The second kappa shape index (κ2) is 6.83. The van der Waals surface area contributed by atoms with Crippen LogP contribution in [0.5, 0.6) is 11.5 Å². The van der Waals surface area contributed by atoms with E-state index >= 15 is 0 Å². The first-order chi connectivity index (χ1) is 9.80. The van der Waals surface area contributed by atoms with Crippen LogP contribution >= 0.6 is 0 Å². The molecular formula is C13H12F3NO4. The van der Waals surface area contributed by atoms with Crippen LogP contribution in [0, 0.1) is 11.3 Å². The Bertz CT molecular complexity index is 564. The Morgan fingerprint density at radius 3 is 2.52 bits per heavy atom. The predicted octanol–water partition coefficient (Wildman–Crippen LogP) is 2.57. The second-order valence-corrected chi connectivity index (χ2v) is 3.82. The number of rotatable bonds is 5. The van der Waals surface area contributed by atoms with Gasteiger partial charge < -0.3 is 14.2 Å². The minimum Gasteiger partial charge on any atom is -0.493 e. The summed E-state index contributed by atoms with van der Waals surface area (Å²) >= 11 is 0. The van der Waals surface area contributed by atoms with Gasteiger partial charge in [-0.2, -0.15) is 5.26 Å². The van der Waals surface area contributed by atoms with E-state index in [0.29, 0.717) is 0 Å². The number of carbonyl (C=O) groups is 1. The first kappa shape index (κ1) is 16.6. The normalized spacial score (nSPS) is 10.7. The lowest BCUT2D eigenvalue weighted by Crippen LogP contribution is -2.18. The van der Waals surface area contributed by atoms with Crippen molar-refractivity contribution in [2.45, 2.75) is 19.7 Å². The van der Waals surface area contributed by atoms with E-state index in [1.165, 1.54) is 6.07 Å². The van der Waals surface area contributed by atoms with E-state index in [-0.39, 0.29) is 29.9 Å². The molecule has 0 atom stereocenters. The van der Waals surface area contributed by atoms with Crippen molar-refractivity contribution < 1.29 is 32.2 Å². The highest BCUT2D eigenvalue weighted by Gasteiger charge is 2.34. The predicted molar refractivity (Wildman–Crippen MR) is 64.7 cm³/mol. The van der Waals surface area contributed by atoms with Gasteiger partial charge in [-0.1, -0.05) is 0 Å². The summed E-state index contributed by atoms with van der Waals surface area (Å²) in [5.41, 5.74) is -0.0950. The highest BCUT2D eigenvalue weighted by Crippen LogP contribution is 2.36. The Hall–Kier alpha value is -2.43. The first-order valence-corrected chi connectivity index (χ1v) is 5.83. The largest absolute Gasteiger partial charge is 0.573 e. The number of hydrogen-bond donors (Lipinski definition) is 0. The molecule has 0 amide bonds. The van der Waals surface area contributed by atoms with Gasteiger partial charge in [0.05, 0.1) is 25.7 Å².